The maximum atomic E-state index is 12.3. The van der Waals surface area contributed by atoms with Crippen molar-refractivity contribution in [1.29, 1.82) is 0 Å². The molecule has 0 aromatic rings. The van der Waals surface area contributed by atoms with Gasteiger partial charge in [0.25, 0.3) is 0 Å². The molecule has 0 aromatic carbocycles. The summed E-state index contributed by atoms with van der Waals surface area (Å²) in [5.74, 6) is 0.731. The standard InChI is InChI=1S/C6H10FN/c7-6-4-1-3(8)2-5(4)6/h3-6H,1-2,8H2. The van der Waals surface area contributed by atoms with E-state index in [-0.39, 0.29) is 0 Å². The lowest BCUT2D eigenvalue weighted by atomic mass is 10.2. The molecule has 8 heavy (non-hydrogen) atoms. The molecule has 46 valence electrons. The molecular weight excluding hydrogens is 105 g/mol. The van der Waals surface area contributed by atoms with Crippen molar-refractivity contribution >= 4 is 0 Å². The molecular formula is C6H10FN. The fourth-order valence-corrected chi connectivity index (χ4v) is 1.80. The summed E-state index contributed by atoms with van der Waals surface area (Å²) >= 11 is 0. The Labute approximate surface area is 48.1 Å². The molecule has 0 heterocycles. The van der Waals surface area contributed by atoms with E-state index in [1.807, 2.05) is 0 Å². The SMILES string of the molecule is NC1CC2C(F)C2C1. The van der Waals surface area contributed by atoms with E-state index in [4.69, 9.17) is 5.73 Å². The van der Waals surface area contributed by atoms with Gasteiger partial charge in [0.2, 0.25) is 0 Å². The minimum absolute atomic E-state index is 0.317. The third kappa shape index (κ3) is 0.440. The third-order valence-corrected chi connectivity index (χ3v) is 2.38. The summed E-state index contributed by atoms with van der Waals surface area (Å²) in [5, 5.41) is 0. The van der Waals surface area contributed by atoms with Crippen molar-refractivity contribution in [2.24, 2.45) is 17.6 Å². The fourth-order valence-electron chi connectivity index (χ4n) is 1.80. The van der Waals surface area contributed by atoms with Crippen LogP contribution >= 0.6 is 0 Å². The average Bonchev–Trinajstić information content (AvgIpc) is 2.29. The van der Waals surface area contributed by atoms with Gasteiger partial charge in [0.1, 0.15) is 6.17 Å². The summed E-state index contributed by atoms with van der Waals surface area (Å²) < 4.78 is 12.3. The van der Waals surface area contributed by atoms with Gasteiger partial charge in [-0.05, 0) is 24.7 Å². The zero-order valence-corrected chi connectivity index (χ0v) is 4.68. The predicted molar refractivity (Wildman–Crippen MR) is 29.1 cm³/mol. The molecule has 0 amide bonds. The molecule has 0 radical (unpaired) electrons. The monoisotopic (exact) mass is 115 g/mol. The van der Waals surface area contributed by atoms with E-state index >= 15 is 0 Å². The first kappa shape index (κ1) is 4.74. The van der Waals surface area contributed by atoms with E-state index < -0.39 is 6.17 Å². The van der Waals surface area contributed by atoms with Crippen LogP contribution in [0.5, 0.6) is 0 Å². The Morgan fingerprint density at radius 3 is 2.12 bits per heavy atom. The van der Waals surface area contributed by atoms with Crippen LogP contribution in [0.25, 0.3) is 0 Å². The second-order valence-electron chi connectivity index (χ2n) is 3.00. The Morgan fingerprint density at radius 1 is 1.25 bits per heavy atom. The average molecular weight is 115 g/mol. The molecule has 0 bridgehead atoms. The van der Waals surface area contributed by atoms with Crippen LogP contribution in [0.15, 0.2) is 0 Å². The van der Waals surface area contributed by atoms with Gasteiger partial charge < -0.3 is 5.73 Å². The Morgan fingerprint density at radius 2 is 1.75 bits per heavy atom. The van der Waals surface area contributed by atoms with Crippen LogP contribution in [0.3, 0.4) is 0 Å². The van der Waals surface area contributed by atoms with Gasteiger partial charge >= 0.3 is 0 Å². The van der Waals surface area contributed by atoms with E-state index in [0.29, 0.717) is 17.9 Å². The van der Waals surface area contributed by atoms with Crippen LogP contribution in [0.4, 0.5) is 4.39 Å². The molecule has 2 fully saturated rings. The maximum Gasteiger partial charge on any atom is 0.107 e. The highest BCUT2D eigenvalue weighted by Gasteiger charge is 2.56. The van der Waals surface area contributed by atoms with Gasteiger partial charge in [-0.3, -0.25) is 0 Å². The lowest BCUT2D eigenvalue weighted by Crippen LogP contribution is -2.18. The number of alkyl halides is 1. The summed E-state index contributed by atoms with van der Waals surface area (Å²) in [6.07, 6.45) is 1.40. The number of halogens is 1. The topological polar surface area (TPSA) is 26.0 Å². The summed E-state index contributed by atoms with van der Waals surface area (Å²) in [4.78, 5) is 0. The molecule has 0 saturated heterocycles. The first-order valence-corrected chi connectivity index (χ1v) is 3.18. The highest BCUT2D eigenvalue weighted by molar-refractivity contribution is 5.06. The van der Waals surface area contributed by atoms with Crippen molar-refractivity contribution in [2.45, 2.75) is 25.1 Å². The normalized spacial score (nSPS) is 60.8. The number of hydrogen-bond donors (Lipinski definition) is 1. The molecule has 0 aromatic heterocycles. The molecule has 0 aliphatic heterocycles. The van der Waals surface area contributed by atoms with E-state index in [9.17, 15) is 4.39 Å². The van der Waals surface area contributed by atoms with Crippen LogP contribution in [0, 0.1) is 11.8 Å². The van der Waals surface area contributed by atoms with E-state index in [0.717, 1.165) is 12.8 Å². The third-order valence-electron chi connectivity index (χ3n) is 2.38. The molecule has 2 N–H and O–H groups in total. The van der Waals surface area contributed by atoms with Gasteiger partial charge in [-0.1, -0.05) is 0 Å². The Balaban J connectivity index is 2.00. The molecule has 2 aliphatic rings. The fraction of sp³-hybridized carbons (Fsp3) is 1.00. The smallest absolute Gasteiger partial charge is 0.107 e. The van der Waals surface area contributed by atoms with Crippen molar-refractivity contribution in [3.63, 3.8) is 0 Å². The zero-order chi connectivity index (χ0) is 5.72. The lowest BCUT2D eigenvalue weighted by molar-refractivity contribution is 0.384. The van der Waals surface area contributed by atoms with Crippen LogP contribution in [0.2, 0.25) is 0 Å². The first-order chi connectivity index (χ1) is 3.79. The minimum Gasteiger partial charge on any atom is -0.328 e. The molecule has 1 nitrogen and oxygen atoms in total. The van der Waals surface area contributed by atoms with Crippen LogP contribution in [-0.4, -0.2) is 12.2 Å². The summed E-state index contributed by atoms with van der Waals surface area (Å²) in [7, 11) is 0. The minimum atomic E-state index is -0.477. The van der Waals surface area contributed by atoms with Gasteiger partial charge in [-0.15, -0.1) is 0 Å². The maximum absolute atomic E-state index is 12.3. The summed E-state index contributed by atoms with van der Waals surface area (Å²) in [5.41, 5.74) is 5.55. The number of hydrogen-bond acceptors (Lipinski definition) is 1. The molecule has 0 spiro atoms. The number of rotatable bonds is 0. The van der Waals surface area contributed by atoms with Crippen molar-refractivity contribution < 1.29 is 4.39 Å². The Kier molecular flexibility index (Phi) is 0.734. The Bertz CT molecular complexity index is 103. The first-order valence-electron chi connectivity index (χ1n) is 3.18. The van der Waals surface area contributed by atoms with Gasteiger partial charge in [-0.2, -0.15) is 0 Å². The number of fused-ring (bicyclic) bond motifs is 1. The summed E-state index contributed by atoms with van der Waals surface area (Å²) in [6, 6.07) is 0.317. The van der Waals surface area contributed by atoms with Crippen molar-refractivity contribution in [1.82, 2.24) is 0 Å². The quantitative estimate of drug-likeness (QED) is 0.494. The van der Waals surface area contributed by atoms with Crippen LogP contribution < -0.4 is 5.73 Å². The van der Waals surface area contributed by atoms with Gasteiger partial charge in [-0.25, -0.2) is 4.39 Å². The van der Waals surface area contributed by atoms with Crippen molar-refractivity contribution in [3.8, 4) is 0 Å². The predicted octanol–water partition coefficient (Wildman–Crippen LogP) is 0.692. The van der Waals surface area contributed by atoms with Gasteiger partial charge in [0.15, 0.2) is 0 Å². The largest absolute Gasteiger partial charge is 0.328 e. The van der Waals surface area contributed by atoms with Crippen molar-refractivity contribution in [2.75, 3.05) is 0 Å². The van der Waals surface area contributed by atoms with E-state index in [1.165, 1.54) is 0 Å². The summed E-state index contributed by atoms with van der Waals surface area (Å²) in [6.45, 7) is 0. The van der Waals surface area contributed by atoms with Crippen LogP contribution in [0.1, 0.15) is 12.8 Å². The molecule has 2 atom stereocenters. The highest BCUT2D eigenvalue weighted by Crippen LogP contribution is 2.53. The van der Waals surface area contributed by atoms with Crippen LogP contribution in [-0.2, 0) is 0 Å². The Hall–Kier alpha value is -0.110. The van der Waals surface area contributed by atoms with Gasteiger partial charge in [0, 0.05) is 6.04 Å². The second-order valence-corrected chi connectivity index (χ2v) is 3.00. The van der Waals surface area contributed by atoms with E-state index in [2.05, 4.69) is 0 Å². The lowest BCUT2D eigenvalue weighted by Gasteiger charge is -2.01. The molecule has 2 rings (SSSR count). The molecule has 2 aliphatic carbocycles. The second kappa shape index (κ2) is 1.24. The molecule has 2 saturated carbocycles. The highest BCUT2D eigenvalue weighted by atomic mass is 19.1. The molecule has 2 heteroatoms. The van der Waals surface area contributed by atoms with Gasteiger partial charge in [0.05, 0.1) is 0 Å². The van der Waals surface area contributed by atoms with E-state index in [1.54, 1.807) is 0 Å². The molecule has 2 unspecified atom stereocenters. The zero-order valence-electron chi connectivity index (χ0n) is 4.68. The number of nitrogens with two attached hydrogens (primary N) is 1. The van der Waals surface area contributed by atoms with Crippen molar-refractivity contribution in [3.05, 3.63) is 0 Å².